The summed E-state index contributed by atoms with van der Waals surface area (Å²) in [7, 11) is 0. The smallest absolute Gasteiger partial charge is 0.224 e. The van der Waals surface area contributed by atoms with Crippen molar-refractivity contribution in [2.45, 2.75) is 26.4 Å². The predicted octanol–water partition coefficient (Wildman–Crippen LogP) is 2.84. The highest BCUT2D eigenvalue weighted by molar-refractivity contribution is 5.97. The molecule has 1 atom stereocenters. The standard InChI is InChI=1S/C17H19N3O/c1-13-11-19(12-15-7-5-6-10-18-15)16-8-3-4-9-17(16)20(13)14(2)21/h3-10,13H,11-12H2,1-2H3/t13-/m0/s1. The lowest BCUT2D eigenvalue weighted by Crippen LogP contribution is -2.49. The fourth-order valence-corrected chi connectivity index (χ4v) is 2.99. The second-order valence-corrected chi connectivity index (χ2v) is 5.43. The van der Waals surface area contributed by atoms with Crippen molar-refractivity contribution >= 4 is 17.3 Å². The maximum Gasteiger partial charge on any atom is 0.224 e. The van der Waals surface area contributed by atoms with Gasteiger partial charge in [-0.05, 0) is 31.2 Å². The third-order valence-electron chi connectivity index (χ3n) is 3.83. The third kappa shape index (κ3) is 2.61. The van der Waals surface area contributed by atoms with Gasteiger partial charge >= 0.3 is 0 Å². The van der Waals surface area contributed by atoms with Gasteiger partial charge in [0, 0.05) is 19.7 Å². The molecule has 4 nitrogen and oxygen atoms in total. The molecule has 0 unspecified atom stereocenters. The first-order chi connectivity index (χ1) is 10.2. The number of benzene rings is 1. The first-order valence-electron chi connectivity index (χ1n) is 7.20. The molecule has 0 spiro atoms. The van der Waals surface area contributed by atoms with Gasteiger partial charge in [0.25, 0.3) is 0 Å². The Morgan fingerprint density at radius 1 is 1.19 bits per heavy atom. The Hall–Kier alpha value is -2.36. The maximum absolute atomic E-state index is 11.9. The highest BCUT2D eigenvalue weighted by atomic mass is 16.2. The monoisotopic (exact) mass is 281 g/mol. The number of para-hydroxylation sites is 2. The Balaban J connectivity index is 1.96. The summed E-state index contributed by atoms with van der Waals surface area (Å²) in [6.07, 6.45) is 1.82. The van der Waals surface area contributed by atoms with Gasteiger partial charge in [0.2, 0.25) is 5.91 Å². The number of aromatic nitrogens is 1. The number of rotatable bonds is 2. The number of fused-ring (bicyclic) bond motifs is 1. The van der Waals surface area contributed by atoms with Crippen molar-refractivity contribution in [3.05, 3.63) is 54.4 Å². The molecule has 21 heavy (non-hydrogen) atoms. The summed E-state index contributed by atoms with van der Waals surface area (Å²) in [5, 5.41) is 0. The zero-order valence-electron chi connectivity index (χ0n) is 12.4. The van der Waals surface area contributed by atoms with Gasteiger partial charge in [-0.25, -0.2) is 0 Å². The zero-order valence-corrected chi connectivity index (χ0v) is 12.4. The van der Waals surface area contributed by atoms with E-state index in [0.29, 0.717) is 0 Å². The highest BCUT2D eigenvalue weighted by Crippen LogP contribution is 2.35. The van der Waals surface area contributed by atoms with E-state index in [1.165, 1.54) is 0 Å². The summed E-state index contributed by atoms with van der Waals surface area (Å²) >= 11 is 0. The summed E-state index contributed by atoms with van der Waals surface area (Å²) in [6.45, 7) is 5.28. The lowest BCUT2D eigenvalue weighted by Gasteiger charge is -2.41. The summed E-state index contributed by atoms with van der Waals surface area (Å²) < 4.78 is 0. The van der Waals surface area contributed by atoms with Crippen molar-refractivity contribution in [2.75, 3.05) is 16.3 Å². The van der Waals surface area contributed by atoms with Crippen LogP contribution >= 0.6 is 0 Å². The molecule has 1 aliphatic heterocycles. The van der Waals surface area contributed by atoms with Crippen molar-refractivity contribution < 1.29 is 4.79 Å². The van der Waals surface area contributed by atoms with Gasteiger partial charge < -0.3 is 9.80 Å². The van der Waals surface area contributed by atoms with E-state index in [0.717, 1.165) is 30.2 Å². The molecule has 0 bridgehead atoms. The van der Waals surface area contributed by atoms with Crippen LogP contribution in [0, 0.1) is 0 Å². The normalized spacial score (nSPS) is 17.5. The van der Waals surface area contributed by atoms with E-state index in [-0.39, 0.29) is 11.9 Å². The molecule has 2 aromatic rings. The molecule has 0 fully saturated rings. The number of amides is 1. The van der Waals surface area contributed by atoms with E-state index in [1.807, 2.05) is 47.5 Å². The Morgan fingerprint density at radius 3 is 2.57 bits per heavy atom. The lowest BCUT2D eigenvalue weighted by atomic mass is 10.1. The van der Waals surface area contributed by atoms with Gasteiger partial charge in [-0.15, -0.1) is 0 Å². The molecule has 1 amide bonds. The maximum atomic E-state index is 11.9. The van der Waals surface area contributed by atoms with E-state index in [4.69, 9.17) is 0 Å². The molecule has 2 heterocycles. The van der Waals surface area contributed by atoms with Gasteiger partial charge in [-0.2, -0.15) is 0 Å². The molecule has 4 heteroatoms. The van der Waals surface area contributed by atoms with Gasteiger partial charge in [-0.1, -0.05) is 18.2 Å². The number of anilines is 2. The summed E-state index contributed by atoms with van der Waals surface area (Å²) in [6, 6.07) is 14.2. The Labute approximate surface area is 125 Å². The van der Waals surface area contributed by atoms with Crippen LogP contribution in [0.4, 0.5) is 11.4 Å². The highest BCUT2D eigenvalue weighted by Gasteiger charge is 2.30. The van der Waals surface area contributed by atoms with Crippen LogP contribution in [-0.4, -0.2) is 23.5 Å². The van der Waals surface area contributed by atoms with Gasteiger partial charge in [-0.3, -0.25) is 9.78 Å². The average Bonchev–Trinajstić information content (AvgIpc) is 2.48. The average molecular weight is 281 g/mol. The van der Waals surface area contributed by atoms with Crippen LogP contribution in [0.15, 0.2) is 48.7 Å². The minimum Gasteiger partial charge on any atom is -0.362 e. The number of hydrogen-bond donors (Lipinski definition) is 0. The van der Waals surface area contributed by atoms with E-state index < -0.39 is 0 Å². The van der Waals surface area contributed by atoms with Gasteiger partial charge in [0.05, 0.1) is 29.7 Å². The fourth-order valence-electron chi connectivity index (χ4n) is 2.99. The summed E-state index contributed by atoms with van der Waals surface area (Å²) in [4.78, 5) is 20.5. The van der Waals surface area contributed by atoms with Crippen LogP contribution in [0.2, 0.25) is 0 Å². The first-order valence-corrected chi connectivity index (χ1v) is 7.20. The van der Waals surface area contributed by atoms with Crippen molar-refractivity contribution in [3.63, 3.8) is 0 Å². The minimum absolute atomic E-state index is 0.0902. The SMILES string of the molecule is CC(=O)N1c2ccccc2N(Cc2ccccn2)C[C@@H]1C. The number of nitrogens with zero attached hydrogens (tertiary/aromatic N) is 3. The molecular weight excluding hydrogens is 262 g/mol. The fraction of sp³-hybridized carbons (Fsp3) is 0.294. The first kappa shape index (κ1) is 13.6. The molecule has 0 N–H and O–H groups in total. The molecule has 0 radical (unpaired) electrons. The third-order valence-corrected chi connectivity index (χ3v) is 3.83. The lowest BCUT2D eigenvalue weighted by molar-refractivity contribution is -0.117. The van der Waals surface area contributed by atoms with E-state index in [9.17, 15) is 4.79 Å². The molecule has 0 saturated heterocycles. The molecule has 1 aromatic carbocycles. The van der Waals surface area contributed by atoms with Crippen molar-refractivity contribution in [3.8, 4) is 0 Å². The number of hydrogen-bond acceptors (Lipinski definition) is 3. The van der Waals surface area contributed by atoms with Crippen LogP contribution in [0.1, 0.15) is 19.5 Å². The Bertz CT molecular complexity index is 641. The molecule has 1 aromatic heterocycles. The molecule has 108 valence electrons. The Morgan fingerprint density at radius 2 is 1.90 bits per heavy atom. The largest absolute Gasteiger partial charge is 0.362 e. The van der Waals surface area contributed by atoms with Crippen LogP contribution in [0.5, 0.6) is 0 Å². The van der Waals surface area contributed by atoms with Crippen molar-refractivity contribution in [1.82, 2.24) is 4.98 Å². The van der Waals surface area contributed by atoms with Crippen LogP contribution in [0.3, 0.4) is 0 Å². The van der Waals surface area contributed by atoms with E-state index in [1.54, 1.807) is 6.92 Å². The number of pyridine rings is 1. The van der Waals surface area contributed by atoms with Crippen LogP contribution in [-0.2, 0) is 11.3 Å². The topological polar surface area (TPSA) is 36.4 Å². The van der Waals surface area contributed by atoms with Gasteiger partial charge in [0.15, 0.2) is 0 Å². The molecule has 3 rings (SSSR count). The van der Waals surface area contributed by atoms with E-state index >= 15 is 0 Å². The molecular formula is C17H19N3O. The predicted molar refractivity (Wildman–Crippen MR) is 84.4 cm³/mol. The molecule has 1 aliphatic rings. The quantitative estimate of drug-likeness (QED) is 0.849. The summed E-state index contributed by atoms with van der Waals surface area (Å²) in [5.41, 5.74) is 3.12. The van der Waals surface area contributed by atoms with Crippen molar-refractivity contribution in [1.29, 1.82) is 0 Å². The second-order valence-electron chi connectivity index (χ2n) is 5.43. The molecule has 0 saturated carbocycles. The van der Waals surface area contributed by atoms with Crippen molar-refractivity contribution in [2.24, 2.45) is 0 Å². The second kappa shape index (κ2) is 5.56. The van der Waals surface area contributed by atoms with Crippen LogP contribution in [0.25, 0.3) is 0 Å². The Kier molecular flexibility index (Phi) is 3.60. The van der Waals surface area contributed by atoms with Gasteiger partial charge in [0.1, 0.15) is 0 Å². The molecule has 0 aliphatic carbocycles. The minimum atomic E-state index is 0.0902. The number of carbonyl (C=O) groups excluding carboxylic acids is 1. The number of carbonyl (C=O) groups is 1. The van der Waals surface area contributed by atoms with Crippen LogP contribution < -0.4 is 9.80 Å². The summed E-state index contributed by atoms with van der Waals surface area (Å²) in [5.74, 6) is 0.0902. The van der Waals surface area contributed by atoms with E-state index in [2.05, 4.69) is 22.9 Å². The zero-order chi connectivity index (χ0) is 14.8.